The van der Waals surface area contributed by atoms with Gasteiger partial charge in [0.05, 0.1) is 4.92 Å². The molecule has 5 nitrogen and oxygen atoms in total. The number of hydrogen-bond acceptors (Lipinski definition) is 4. The maximum Gasteiger partial charge on any atom is 0.287 e. The Bertz CT molecular complexity index is 406. The van der Waals surface area contributed by atoms with Crippen LogP contribution < -0.4 is 4.90 Å². The third-order valence-electron chi connectivity index (χ3n) is 3.75. The molecule has 1 aliphatic heterocycles. The zero-order chi connectivity index (χ0) is 11.1. The van der Waals surface area contributed by atoms with Crippen molar-refractivity contribution in [3.05, 3.63) is 28.4 Å². The van der Waals surface area contributed by atoms with Crippen molar-refractivity contribution in [3.63, 3.8) is 0 Å². The van der Waals surface area contributed by atoms with Gasteiger partial charge in [-0.2, -0.15) is 0 Å². The highest BCUT2D eigenvalue weighted by molar-refractivity contribution is 5.44. The smallest absolute Gasteiger partial charge is 0.287 e. The van der Waals surface area contributed by atoms with Gasteiger partial charge in [0, 0.05) is 19.2 Å². The van der Waals surface area contributed by atoms with Gasteiger partial charge in [-0.05, 0) is 30.7 Å². The lowest BCUT2D eigenvalue weighted by Gasteiger charge is -2.27. The van der Waals surface area contributed by atoms with Crippen LogP contribution in [-0.4, -0.2) is 23.0 Å². The van der Waals surface area contributed by atoms with Crippen LogP contribution in [0, 0.1) is 22.0 Å². The van der Waals surface area contributed by atoms with Crippen LogP contribution in [0.4, 0.5) is 11.5 Å². The SMILES string of the molecule is O=[N+]([O-])c1ccc(N2CC3CCC3C2)nc1. The van der Waals surface area contributed by atoms with Crippen LogP contribution in [0.2, 0.25) is 0 Å². The Labute approximate surface area is 93.2 Å². The van der Waals surface area contributed by atoms with Crippen molar-refractivity contribution in [2.24, 2.45) is 11.8 Å². The lowest BCUT2D eigenvalue weighted by molar-refractivity contribution is -0.385. The van der Waals surface area contributed by atoms with Crippen molar-refractivity contribution in [3.8, 4) is 0 Å². The maximum atomic E-state index is 10.5. The summed E-state index contributed by atoms with van der Waals surface area (Å²) in [5.74, 6) is 2.54. The molecule has 1 saturated heterocycles. The Kier molecular flexibility index (Phi) is 2.05. The summed E-state index contributed by atoms with van der Waals surface area (Å²) in [6, 6.07) is 3.28. The summed E-state index contributed by atoms with van der Waals surface area (Å²) in [4.78, 5) is 16.5. The van der Waals surface area contributed by atoms with Gasteiger partial charge in [0.25, 0.3) is 5.69 Å². The van der Waals surface area contributed by atoms with Gasteiger partial charge in [-0.3, -0.25) is 10.1 Å². The molecule has 5 heteroatoms. The van der Waals surface area contributed by atoms with E-state index in [4.69, 9.17) is 0 Å². The van der Waals surface area contributed by atoms with Gasteiger partial charge in [0.15, 0.2) is 0 Å². The molecule has 0 radical (unpaired) electrons. The first-order valence-electron chi connectivity index (χ1n) is 5.59. The second kappa shape index (κ2) is 3.43. The van der Waals surface area contributed by atoms with Crippen molar-refractivity contribution in [1.29, 1.82) is 0 Å². The third-order valence-corrected chi connectivity index (χ3v) is 3.75. The van der Waals surface area contributed by atoms with E-state index in [2.05, 4.69) is 9.88 Å². The van der Waals surface area contributed by atoms with Crippen LogP contribution in [-0.2, 0) is 0 Å². The fourth-order valence-electron chi connectivity index (χ4n) is 2.62. The first-order valence-corrected chi connectivity index (χ1v) is 5.59. The number of anilines is 1. The summed E-state index contributed by atoms with van der Waals surface area (Å²) < 4.78 is 0. The summed E-state index contributed by atoms with van der Waals surface area (Å²) in [7, 11) is 0. The van der Waals surface area contributed by atoms with Crippen LogP contribution in [0.3, 0.4) is 0 Å². The van der Waals surface area contributed by atoms with E-state index in [-0.39, 0.29) is 5.69 Å². The molecule has 2 aliphatic rings. The van der Waals surface area contributed by atoms with Crippen LogP contribution in [0.5, 0.6) is 0 Å². The molecule has 84 valence electrons. The summed E-state index contributed by atoms with van der Waals surface area (Å²) in [6.45, 7) is 2.13. The number of fused-ring (bicyclic) bond motifs is 1. The van der Waals surface area contributed by atoms with Gasteiger partial charge in [-0.1, -0.05) is 0 Å². The molecular formula is C11H13N3O2. The molecule has 1 aromatic rings. The molecule has 16 heavy (non-hydrogen) atoms. The molecule has 1 aromatic heterocycles. The van der Waals surface area contributed by atoms with E-state index < -0.39 is 4.92 Å². The van der Waals surface area contributed by atoms with Crippen LogP contribution in [0.15, 0.2) is 18.3 Å². The minimum atomic E-state index is -0.412. The molecule has 1 aliphatic carbocycles. The van der Waals surface area contributed by atoms with Gasteiger partial charge in [-0.25, -0.2) is 4.98 Å². The summed E-state index contributed by atoms with van der Waals surface area (Å²) in [5, 5.41) is 10.5. The van der Waals surface area contributed by atoms with Crippen molar-refractivity contribution < 1.29 is 4.92 Å². The molecule has 3 rings (SSSR count). The van der Waals surface area contributed by atoms with Gasteiger partial charge in [-0.15, -0.1) is 0 Å². The Morgan fingerprint density at radius 1 is 1.31 bits per heavy atom. The van der Waals surface area contributed by atoms with Crippen molar-refractivity contribution in [2.45, 2.75) is 12.8 Å². The zero-order valence-electron chi connectivity index (χ0n) is 8.87. The molecule has 0 spiro atoms. The van der Waals surface area contributed by atoms with E-state index in [1.54, 1.807) is 6.07 Å². The normalized spacial score (nSPS) is 27.4. The highest BCUT2D eigenvalue weighted by Crippen LogP contribution is 2.41. The largest absolute Gasteiger partial charge is 0.356 e. The van der Waals surface area contributed by atoms with E-state index in [0.717, 1.165) is 30.7 Å². The highest BCUT2D eigenvalue weighted by atomic mass is 16.6. The Morgan fingerprint density at radius 2 is 2.00 bits per heavy atom. The Hall–Kier alpha value is -1.65. The second-order valence-electron chi connectivity index (χ2n) is 4.63. The van der Waals surface area contributed by atoms with E-state index in [9.17, 15) is 10.1 Å². The van der Waals surface area contributed by atoms with E-state index in [1.165, 1.54) is 25.1 Å². The highest BCUT2D eigenvalue weighted by Gasteiger charge is 2.39. The number of aromatic nitrogens is 1. The van der Waals surface area contributed by atoms with Crippen molar-refractivity contribution >= 4 is 11.5 Å². The third kappa shape index (κ3) is 1.43. The first-order chi connectivity index (χ1) is 7.74. The molecule has 2 atom stereocenters. The van der Waals surface area contributed by atoms with E-state index >= 15 is 0 Å². The predicted octanol–water partition coefficient (Wildman–Crippen LogP) is 1.84. The van der Waals surface area contributed by atoms with Crippen molar-refractivity contribution in [1.82, 2.24) is 4.98 Å². The molecule has 2 unspecified atom stereocenters. The monoisotopic (exact) mass is 219 g/mol. The minimum Gasteiger partial charge on any atom is -0.356 e. The van der Waals surface area contributed by atoms with Gasteiger partial charge in [0.1, 0.15) is 12.0 Å². The fourth-order valence-corrected chi connectivity index (χ4v) is 2.62. The first kappa shape index (κ1) is 9.57. The number of pyridine rings is 1. The molecule has 2 heterocycles. The standard InChI is InChI=1S/C11H13N3O2/c15-14(16)10-3-4-11(12-5-10)13-6-8-1-2-9(8)7-13/h3-5,8-9H,1-2,6-7H2. The van der Waals surface area contributed by atoms with Crippen LogP contribution in [0.25, 0.3) is 0 Å². The molecule has 0 aromatic carbocycles. The van der Waals surface area contributed by atoms with Gasteiger partial charge in [0.2, 0.25) is 0 Å². The predicted molar refractivity (Wildman–Crippen MR) is 59.3 cm³/mol. The average Bonchev–Trinajstić information content (AvgIpc) is 2.55. The maximum absolute atomic E-state index is 10.5. The van der Waals surface area contributed by atoms with E-state index in [1.807, 2.05) is 0 Å². The molecular weight excluding hydrogens is 206 g/mol. The van der Waals surface area contributed by atoms with Crippen LogP contribution in [0.1, 0.15) is 12.8 Å². The Morgan fingerprint density at radius 3 is 2.44 bits per heavy atom. The number of hydrogen-bond donors (Lipinski definition) is 0. The molecule has 0 N–H and O–H groups in total. The lowest BCUT2D eigenvalue weighted by atomic mass is 9.77. The number of nitro groups is 1. The van der Waals surface area contributed by atoms with Gasteiger partial charge >= 0.3 is 0 Å². The molecule has 0 bridgehead atoms. The van der Waals surface area contributed by atoms with E-state index in [0.29, 0.717) is 0 Å². The number of nitrogens with zero attached hydrogens (tertiary/aromatic N) is 3. The van der Waals surface area contributed by atoms with Crippen molar-refractivity contribution in [2.75, 3.05) is 18.0 Å². The Balaban J connectivity index is 1.77. The lowest BCUT2D eigenvalue weighted by Crippen LogP contribution is -2.22. The summed E-state index contributed by atoms with van der Waals surface area (Å²) in [5.41, 5.74) is 0.0610. The summed E-state index contributed by atoms with van der Waals surface area (Å²) in [6.07, 6.45) is 4.00. The quantitative estimate of drug-likeness (QED) is 0.562. The second-order valence-corrected chi connectivity index (χ2v) is 4.63. The van der Waals surface area contributed by atoms with Crippen LogP contribution >= 0.6 is 0 Å². The molecule has 2 fully saturated rings. The molecule has 1 saturated carbocycles. The number of rotatable bonds is 2. The zero-order valence-corrected chi connectivity index (χ0v) is 8.87. The van der Waals surface area contributed by atoms with Gasteiger partial charge < -0.3 is 4.90 Å². The fraction of sp³-hybridized carbons (Fsp3) is 0.545. The average molecular weight is 219 g/mol. The topological polar surface area (TPSA) is 59.3 Å². The minimum absolute atomic E-state index is 0.0610. The molecule has 0 amide bonds. The summed E-state index contributed by atoms with van der Waals surface area (Å²) >= 11 is 0.